The monoisotopic (exact) mass is 324 g/mol. The molecule has 0 bridgehead atoms. The average Bonchev–Trinajstić information content (AvgIpc) is 3.23. The summed E-state index contributed by atoms with van der Waals surface area (Å²) in [4.78, 5) is 6.90. The number of hydrogen-bond acceptors (Lipinski definition) is 4. The van der Waals surface area contributed by atoms with E-state index < -0.39 is 0 Å². The molecule has 1 fully saturated rings. The van der Waals surface area contributed by atoms with E-state index in [2.05, 4.69) is 35.0 Å². The zero-order valence-electron chi connectivity index (χ0n) is 14.4. The number of fused-ring (bicyclic) bond motifs is 1. The Morgan fingerprint density at radius 3 is 2.71 bits per heavy atom. The first-order valence-corrected chi connectivity index (χ1v) is 8.81. The van der Waals surface area contributed by atoms with Crippen molar-refractivity contribution in [3.63, 3.8) is 0 Å². The predicted molar refractivity (Wildman–Crippen MR) is 94.7 cm³/mol. The van der Waals surface area contributed by atoms with Crippen molar-refractivity contribution in [2.24, 2.45) is 0 Å². The van der Waals surface area contributed by atoms with Crippen LogP contribution in [0.5, 0.6) is 11.5 Å². The first-order valence-electron chi connectivity index (χ1n) is 8.81. The number of ether oxygens (including phenoxy) is 2. The van der Waals surface area contributed by atoms with Crippen molar-refractivity contribution >= 4 is 5.69 Å². The molecule has 24 heavy (non-hydrogen) atoms. The molecule has 1 atom stereocenters. The maximum Gasteiger partial charge on any atom is 0.163 e. The summed E-state index contributed by atoms with van der Waals surface area (Å²) in [6.07, 6.45) is 7.00. The second kappa shape index (κ2) is 6.34. The smallest absolute Gasteiger partial charge is 0.163 e. The zero-order chi connectivity index (χ0) is 16.5. The van der Waals surface area contributed by atoms with E-state index in [1.54, 1.807) is 7.11 Å². The Bertz CT molecular complexity index is 725. The summed E-state index contributed by atoms with van der Waals surface area (Å²) in [5.74, 6) is 1.67. The highest BCUT2D eigenvalue weighted by Crippen LogP contribution is 2.40. The molecule has 2 aromatic rings. The molecule has 126 valence electrons. The van der Waals surface area contributed by atoms with Gasteiger partial charge in [0.15, 0.2) is 11.5 Å². The third kappa shape index (κ3) is 2.70. The Morgan fingerprint density at radius 1 is 1.12 bits per heavy atom. The van der Waals surface area contributed by atoms with Gasteiger partial charge >= 0.3 is 0 Å². The van der Waals surface area contributed by atoms with Gasteiger partial charge in [-0.2, -0.15) is 0 Å². The Hall–Kier alpha value is -2.23. The molecule has 1 aromatic carbocycles. The summed E-state index contributed by atoms with van der Waals surface area (Å²) in [7, 11) is 1.70. The standard InChI is InChI=1S/C20H24N2O2/c1-14-17-8-5-11-21-18(17)13-22(14)15-9-10-19(23-2)20(12-15)24-16-6-3-4-7-16/h5,8-12,14,16H,3-4,6-7,13H2,1-2H3. The first kappa shape index (κ1) is 15.3. The van der Waals surface area contributed by atoms with Crippen molar-refractivity contribution in [3.05, 3.63) is 47.8 Å². The normalized spacial score (nSPS) is 20.2. The van der Waals surface area contributed by atoms with Crippen molar-refractivity contribution in [2.45, 2.75) is 51.3 Å². The largest absolute Gasteiger partial charge is 0.493 e. The van der Waals surface area contributed by atoms with Gasteiger partial charge in [-0.05, 0) is 56.4 Å². The molecule has 4 rings (SSSR count). The van der Waals surface area contributed by atoms with Gasteiger partial charge in [-0.15, -0.1) is 0 Å². The molecule has 1 saturated carbocycles. The summed E-state index contributed by atoms with van der Waals surface area (Å²) in [5, 5.41) is 0. The van der Waals surface area contributed by atoms with Crippen LogP contribution in [0, 0.1) is 0 Å². The van der Waals surface area contributed by atoms with Crippen LogP contribution in [0.4, 0.5) is 5.69 Å². The number of nitrogens with zero attached hydrogens (tertiary/aromatic N) is 2. The molecule has 1 unspecified atom stereocenters. The topological polar surface area (TPSA) is 34.6 Å². The van der Waals surface area contributed by atoms with E-state index in [0.29, 0.717) is 12.1 Å². The molecule has 2 aliphatic rings. The second-order valence-electron chi connectivity index (χ2n) is 6.70. The van der Waals surface area contributed by atoms with Gasteiger partial charge in [0.2, 0.25) is 0 Å². The molecule has 0 spiro atoms. The van der Waals surface area contributed by atoms with Gasteiger partial charge in [-0.25, -0.2) is 0 Å². The van der Waals surface area contributed by atoms with Crippen LogP contribution in [0.2, 0.25) is 0 Å². The molecule has 0 N–H and O–H groups in total. The predicted octanol–water partition coefficient (Wildman–Crippen LogP) is 4.49. The summed E-state index contributed by atoms with van der Waals surface area (Å²) in [5.41, 5.74) is 3.64. The molecule has 2 heterocycles. The summed E-state index contributed by atoms with van der Waals surface area (Å²) in [6.45, 7) is 3.07. The molecule has 1 aromatic heterocycles. The van der Waals surface area contributed by atoms with Crippen LogP contribution in [-0.2, 0) is 6.54 Å². The van der Waals surface area contributed by atoms with Crippen LogP contribution < -0.4 is 14.4 Å². The van der Waals surface area contributed by atoms with Crippen molar-refractivity contribution in [2.75, 3.05) is 12.0 Å². The minimum Gasteiger partial charge on any atom is -0.493 e. The SMILES string of the molecule is COc1ccc(N2Cc3ncccc3C2C)cc1OC1CCCC1. The first-order chi connectivity index (χ1) is 11.8. The number of methoxy groups -OCH3 is 1. The Labute approximate surface area is 143 Å². The fourth-order valence-corrected chi connectivity index (χ4v) is 3.87. The number of hydrogen-bond donors (Lipinski definition) is 0. The van der Waals surface area contributed by atoms with Gasteiger partial charge in [0.1, 0.15) is 0 Å². The van der Waals surface area contributed by atoms with E-state index in [1.165, 1.54) is 24.1 Å². The van der Waals surface area contributed by atoms with Gasteiger partial charge in [-0.1, -0.05) is 6.07 Å². The lowest BCUT2D eigenvalue weighted by molar-refractivity contribution is 0.201. The highest BCUT2D eigenvalue weighted by molar-refractivity contribution is 5.59. The molecular formula is C20H24N2O2. The quantitative estimate of drug-likeness (QED) is 0.830. The number of aromatic nitrogens is 1. The lowest BCUT2D eigenvalue weighted by Gasteiger charge is -2.25. The molecule has 1 aliphatic carbocycles. The van der Waals surface area contributed by atoms with Gasteiger partial charge < -0.3 is 14.4 Å². The number of rotatable bonds is 4. The number of benzene rings is 1. The van der Waals surface area contributed by atoms with Crippen molar-refractivity contribution < 1.29 is 9.47 Å². The van der Waals surface area contributed by atoms with E-state index in [0.717, 1.165) is 36.6 Å². The van der Waals surface area contributed by atoms with Crippen molar-refractivity contribution in [3.8, 4) is 11.5 Å². The van der Waals surface area contributed by atoms with E-state index in [-0.39, 0.29) is 0 Å². The van der Waals surface area contributed by atoms with Crippen molar-refractivity contribution in [1.82, 2.24) is 4.98 Å². The van der Waals surface area contributed by atoms with Gasteiger partial charge in [0.25, 0.3) is 0 Å². The lowest BCUT2D eigenvalue weighted by Crippen LogP contribution is -2.19. The van der Waals surface area contributed by atoms with E-state index in [4.69, 9.17) is 9.47 Å². The van der Waals surface area contributed by atoms with Crippen LogP contribution >= 0.6 is 0 Å². The molecule has 1 aliphatic heterocycles. The van der Waals surface area contributed by atoms with Gasteiger partial charge in [0.05, 0.1) is 31.5 Å². The maximum atomic E-state index is 6.24. The Kier molecular flexibility index (Phi) is 4.05. The summed E-state index contributed by atoms with van der Waals surface area (Å²) >= 11 is 0. The zero-order valence-corrected chi connectivity index (χ0v) is 14.4. The molecule has 4 nitrogen and oxygen atoms in total. The van der Waals surface area contributed by atoms with Crippen molar-refractivity contribution in [1.29, 1.82) is 0 Å². The minimum atomic E-state index is 0.321. The average molecular weight is 324 g/mol. The van der Waals surface area contributed by atoms with E-state index in [1.807, 2.05) is 18.3 Å². The summed E-state index contributed by atoms with van der Waals surface area (Å²) in [6, 6.07) is 10.8. The van der Waals surface area contributed by atoms with Crippen LogP contribution in [0.25, 0.3) is 0 Å². The molecule has 4 heteroatoms. The third-order valence-corrected chi connectivity index (χ3v) is 5.24. The molecule has 0 saturated heterocycles. The highest BCUT2D eigenvalue weighted by Gasteiger charge is 2.28. The third-order valence-electron chi connectivity index (χ3n) is 5.24. The Morgan fingerprint density at radius 2 is 1.96 bits per heavy atom. The van der Waals surface area contributed by atoms with E-state index >= 15 is 0 Å². The fraction of sp³-hybridized carbons (Fsp3) is 0.450. The van der Waals surface area contributed by atoms with Crippen LogP contribution in [-0.4, -0.2) is 18.2 Å². The number of anilines is 1. The van der Waals surface area contributed by atoms with Crippen LogP contribution in [0.3, 0.4) is 0 Å². The van der Waals surface area contributed by atoms with Gasteiger partial charge in [0, 0.05) is 18.0 Å². The van der Waals surface area contributed by atoms with Crippen LogP contribution in [0.15, 0.2) is 36.5 Å². The fourth-order valence-electron chi connectivity index (χ4n) is 3.87. The summed E-state index contributed by atoms with van der Waals surface area (Å²) < 4.78 is 11.7. The highest BCUT2D eigenvalue weighted by atomic mass is 16.5. The number of pyridine rings is 1. The molecule has 0 amide bonds. The van der Waals surface area contributed by atoms with Gasteiger partial charge in [-0.3, -0.25) is 4.98 Å². The minimum absolute atomic E-state index is 0.321. The second-order valence-corrected chi connectivity index (χ2v) is 6.70. The van der Waals surface area contributed by atoms with E-state index in [9.17, 15) is 0 Å². The Balaban J connectivity index is 1.62. The maximum absolute atomic E-state index is 6.24. The van der Waals surface area contributed by atoms with Crippen LogP contribution in [0.1, 0.15) is 49.9 Å². The molecular weight excluding hydrogens is 300 g/mol. The molecule has 0 radical (unpaired) electrons. The lowest BCUT2D eigenvalue weighted by atomic mass is 10.1.